The van der Waals surface area contributed by atoms with Crippen LogP contribution in [0.4, 0.5) is 11.6 Å². The fraction of sp³-hybridized carbons (Fsp3) is 0.452. The van der Waals surface area contributed by atoms with Crippen molar-refractivity contribution < 1.29 is 13.2 Å². The number of aromatic nitrogens is 2. The van der Waals surface area contributed by atoms with Gasteiger partial charge in [0, 0.05) is 23.2 Å². The lowest BCUT2D eigenvalue weighted by atomic mass is 9.89. The summed E-state index contributed by atoms with van der Waals surface area (Å²) >= 11 is 0. The normalized spacial score (nSPS) is 26.8. The van der Waals surface area contributed by atoms with Crippen molar-refractivity contribution in [3.63, 3.8) is 0 Å². The molecule has 210 valence electrons. The molecule has 3 atom stereocenters. The number of hydrogen-bond acceptors (Lipinski definition) is 7. The Morgan fingerprint density at radius 2 is 1.73 bits per heavy atom. The SMILES string of the molecule is CC(C)(C)c1ccc2c(n1)N1CC3(CC3CC(c3ccccc3)Nc3cccc(n3)S(=O)(=O)NC2=O)CC1(C)C. The van der Waals surface area contributed by atoms with Gasteiger partial charge in [-0.1, -0.05) is 57.2 Å². The molecule has 2 N–H and O–H groups in total. The molecule has 8 nitrogen and oxygen atoms in total. The molecule has 2 aliphatic heterocycles. The van der Waals surface area contributed by atoms with Crippen LogP contribution in [0.15, 0.2) is 65.7 Å². The van der Waals surface area contributed by atoms with Crippen molar-refractivity contribution in [1.29, 1.82) is 0 Å². The number of carbonyl (C=O) groups is 1. The number of rotatable bonds is 1. The number of pyridine rings is 2. The summed E-state index contributed by atoms with van der Waals surface area (Å²) in [6, 6.07) is 18.6. The molecule has 4 bridgehead atoms. The quantitative estimate of drug-likeness (QED) is 0.409. The summed E-state index contributed by atoms with van der Waals surface area (Å²) in [7, 11) is -4.23. The lowest BCUT2D eigenvalue weighted by Gasteiger charge is -2.34. The van der Waals surface area contributed by atoms with Gasteiger partial charge in [0.15, 0.2) is 5.03 Å². The highest BCUT2D eigenvalue weighted by Crippen LogP contribution is 2.65. The number of amides is 1. The first-order valence-corrected chi connectivity index (χ1v) is 15.4. The first-order valence-electron chi connectivity index (χ1n) is 13.9. The van der Waals surface area contributed by atoms with Crippen molar-refractivity contribution in [2.75, 3.05) is 16.8 Å². The van der Waals surface area contributed by atoms with Gasteiger partial charge < -0.3 is 10.2 Å². The van der Waals surface area contributed by atoms with Gasteiger partial charge in [-0.05, 0) is 74.3 Å². The number of carbonyl (C=O) groups excluding carboxylic acids is 1. The van der Waals surface area contributed by atoms with Crippen molar-refractivity contribution >= 4 is 27.6 Å². The van der Waals surface area contributed by atoms with Gasteiger partial charge >= 0.3 is 0 Å². The Kier molecular flexibility index (Phi) is 6.04. The maximum absolute atomic E-state index is 13.6. The van der Waals surface area contributed by atoms with E-state index in [0.717, 1.165) is 37.1 Å². The molecule has 1 aromatic carbocycles. The highest BCUT2D eigenvalue weighted by Gasteiger charge is 2.63. The number of hydrogen-bond donors (Lipinski definition) is 2. The second-order valence-corrected chi connectivity index (χ2v) is 14.9. The van der Waals surface area contributed by atoms with Gasteiger partial charge in [-0.25, -0.2) is 14.7 Å². The predicted molar refractivity (Wildman–Crippen MR) is 156 cm³/mol. The molecule has 4 heterocycles. The number of benzene rings is 1. The summed E-state index contributed by atoms with van der Waals surface area (Å²) in [4.78, 5) is 25.3. The molecular weight excluding hydrogens is 522 g/mol. The first kappa shape index (κ1) is 26.7. The fourth-order valence-electron chi connectivity index (χ4n) is 6.63. The number of nitrogens with one attached hydrogen (secondary N) is 2. The predicted octanol–water partition coefficient (Wildman–Crippen LogP) is 5.44. The van der Waals surface area contributed by atoms with Crippen LogP contribution >= 0.6 is 0 Å². The molecule has 0 radical (unpaired) electrons. The molecular formula is C31H37N5O3S. The van der Waals surface area contributed by atoms with E-state index in [1.807, 2.05) is 24.3 Å². The molecule has 1 spiro atoms. The molecule has 2 fully saturated rings. The number of fused-ring (bicyclic) bond motifs is 5. The minimum Gasteiger partial charge on any atom is -0.363 e. The third-order valence-corrected chi connectivity index (χ3v) is 9.99. The smallest absolute Gasteiger partial charge is 0.281 e. The van der Waals surface area contributed by atoms with Gasteiger partial charge in [-0.15, -0.1) is 0 Å². The van der Waals surface area contributed by atoms with Gasteiger partial charge in [0.25, 0.3) is 15.9 Å². The minimum atomic E-state index is -4.23. The summed E-state index contributed by atoms with van der Waals surface area (Å²) in [6.45, 7) is 11.4. The zero-order valence-corrected chi connectivity index (χ0v) is 24.5. The molecule has 3 unspecified atom stereocenters. The third kappa shape index (κ3) is 4.74. The molecule has 3 aliphatic rings. The highest BCUT2D eigenvalue weighted by atomic mass is 32.2. The summed E-state index contributed by atoms with van der Waals surface area (Å²) in [5.41, 5.74) is 1.85. The first-order chi connectivity index (χ1) is 18.8. The van der Waals surface area contributed by atoms with Gasteiger partial charge in [0.2, 0.25) is 0 Å². The zero-order valence-electron chi connectivity index (χ0n) is 23.7. The third-order valence-electron chi connectivity index (χ3n) is 8.76. The van der Waals surface area contributed by atoms with E-state index >= 15 is 0 Å². The monoisotopic (exact) mass is 559 g/mol. The van der Waals surface area contributed by atoms with Crippen LogP contribution in [0, 0.1) is 11.3 Å². The molecule has 1 aliphatic carbocycles. The van der Waals surface area contributed by atoms with Crippen molar-refractivity contribution in [3.05, 3.63) is 77.5 Å². The Bertz CT molecular complexity index is 1580. The Morgan fingerprint density at radius 1 is 0.975 bits per heavy atom. The van der Waals surface area contributed by atoms with Crippen LogP contribution in [0.5, 0.6) is 0 Å². The molecule has 3 aromatic rings. The van der Waals surface area contributed by atoms with E-state index < -0.39 is 15.9 Å². The van der Waals surface area contributed by atoms with E-state index in [4.69, 9.17) is 4.98 Å². The number of nitrogens with zero attached hydrogens (tertiary/aromatic N) is 3. The van der Waals surface area contributed by atoms with Crippen LogP contribution in [0.2, 0.25) is 0 Å². The second-order valence-electron chi connectivity index (χ2n) is 13.3. The van der Waals surface area contributed by atoms with Crippen molar-refractivity contribution in [2.24, 2.45) is 11.3 Å². The molecule has 6 rings (SSSR count). The molecule has 1 amide bonds. The molecule has 1 saturated heterocycles. The standard InChI is InChI=1S/C31H37N5O3S/c1-29(2,3)24-15-14-22-27(33-24)36-19-31(18-30(36,4)5)17-21(31)16-23(20-10-7-6-8-11-20)32-25-12-9-13-26(34-25)40(38,39)35-28(22)37/h6-15,21,23H,16-19H2,1-5H3,(H,32,34)(H,35,37). The summed E-state index contributed by atoms with van der Waals surface area (Å²) in [5.74, 6) is 0.764. The molecule has 9 heteroatoms. The maximum atomic E-state index is 13.6. The average Bonchev–Trinajstić information content (AvgIpc) is 3.46. The van der Waals surface area contributed by atoms with Crippen LogP contribution in [0.1, 0.15) is 81.5 Å². The van der Waals surface area contributed by atoms with Gasteiger partial charge in [-0.3, -0.25) is 4.79 Å². The van der Waals surface area contributed by atoms with E-state index in [1.54, 1.807) is 18.2 Å². The van der Waals surface area contributed by atoms with E-state index in [9.17, 15) is 13.2 Å². The lowest BCUT2D eigenvalue weighted by molar-refractivity contribution is 0.0981. The van der Waals surface area contributed by atoms with Crippen molar-refractivity contribution in [2.45, 2.75) is 75.9 Å². The van der Waals surface area contributed by atoms with Crippen molar-refractivity contribution in [1.82, 2.24) is 14.7 Å². The average molecular weight is 560 g/mol. The summed E-state index contributed by atoms with van der Waals surface area (Å²) < 4.78 is 29.1. The van der Waals surface area contributed by atoms with E-state index in [2.05, 4.69) is 66.7 Å². The minimum absolute atomic E-state index is 0.0363. The molecule has 40 heavy (non-hydrogen) atoms. The van der Waals surface area contributed by atoms with Gasteiger partial charge in [0.05, 0.1) is 11.6 Å². The Hall–Kier alpha value is -3.46. The van der Waals surface area contributed by atoms with Crippen LogP contribution in [-0.4, -0.2) is 36.4 Å². The summed E-state index contributed by atoms with van der Waals surface area (Å²) in [6.07, 6.45) is 2.97. The van der Waals surface area contributed by atoms with Crippen LogP contribution in [-0.2, 0) is 15.4 Å². The highest BCUT2D eigenvalue weighted by molar-refractivity contribution is 7.90. The largest absolute Gasteiger partial charge is 0.363 e. The zero-order chi connectivity index (χ0) is 28.5. The van der Waals surface area contributed by atoms with Crippen LogP contribution < -0.4 is 14.9 Å². The topological polar surface area (TPSA) is 104 Å². The maximum Gasteiger partial charge on any atom is 0.281 e. The number of sulfonamides is 1. The molecule has 1 saturated carbocycles. The van der Waals surface area contributed by atoms with Crippen LogP contribution in [0.3, 0.4) is 0 Å². The van der Waals surface area contributed by atoms with E-state index in [1.165, 1.54) is 6.07 Å². The van der Waals surface area contributed by atoms with E-state index in [-0.39, 0.29) is 33.0 Å². The fourth-order valence-corrected chi connectivity index (χ4v) is 7.56. The molecule has 2 aromatic heterocycles. The van der Waals surface area contributed by atoms with Gasteiger partial charge in [-0.2, -0.15) is 8.42 Å². The van der Waals surface area contributed by atoms with Crippen molar-refractivity contribution in [3.8, 4) is 0 Å². The summed E-state index contributed by atoms with van der Waals surface area (Å²) in [5, 5.41) is 3.30. The van der Waals surface area contributed by atoms with Gasteiger partial charge in [0.1, 0.15) is 11.6 Å². The van der Waals surface area contributed by atoms with E-state index in [0.29, 0.717) is 17.6 Å². The Balaban J connectivity index is 1.50. The second kappa shape index (κ2) is 9.03. The van der Waals surface area contributed by atoms with Crippen LogP contribution in [0.25, 0.3) is 0 Å². The Morgan fingerprint density at radius 3 is 2.45 bits per heavy atom. The Labute approximate surface area is 236 Å². The number of anilines is 2. The lowest BCUT2D eigenvalue weighted by Crippen LogP contribution is -2.41.